The van der Waals surface area contributed by atoms with Gasteiger partial charge >= 0.3 is 0 Å². The predicted octanol–water partition coefficient (Wildman–Crippen LogP) is 3.55. The van der Waals surface area contributed by atoms with Gasteiger partial charge in [-0.1, -0.05) is 37.3 Å². The average molecular weight is 302 g/mol. The van der Waals surface area contributed by atoms with Crippen LogP contribution >= 0.6 is 0 Å². The summed E-state index contributed by atoms with van der Waals surface area (Å²) in [6, 6.07) is 11.0. The van der Waals surface area contributed by atoms with Gasteiger partial charge in [0.15, 0.2) is 0 Å². The summed E-state index contributed by atoms with van der Waals surface area (Å²) in [5.74, 6) is 0.980. The number of likely N-dealkylation sites (tertiary alicyclic amines) is 1. The number of carbonyl (C=O) groups is 1. The molecule has 1 aromatic carbocycles. The highest BCUT2D eigenvalue weighted by Gasteiger charge is 2.21. The van der Waals surface area contributed by atoms with E-state index in [0.29, 0.717) is 24.3 Å². The molecule has 0 aromatic heterocycles. The van der Waals surface area contributed by atoms with Crippen LogP contribution < -0.4 is 0 Å². The van der Waals surface area contributed by atoms with Gasteiger partial charge in [-0.05, 0) is 38.2 Å². The van der Waals surface area contributed by atoms with Crippen LogP contribution in [-0.4, -0.2) is 41.4 Å². The molecule has 3 heteroatoms. The average Bonchev–Trinajstić information content (AvgIpc) is 2.51. The first-order chi connectivity index (χ1) is 10.6. The zero-order chi connectivity index (χ0) is 15.9. The quantitative estimate of drug-likeness (QED) is 0.802. The van der Waals surface area contributed by atoms with Crippen molar-refractivity contribution in [2.45, 2.75) is 52.6 Å². The normalized spacial score (nSPS) is 19.0. The maximum atomic E-state index is 12.4. The van der Waals surface area contributed by atoms with Gasteiger partial charge in [0.05, 0.1) is 0 Å². The molecule has 1 amide bonds. The van der Waals surface area contributed by atoms with E-state index in [2.05, 4.69) is 54.8 Å². The summed E-state index contributed by atoms with van der Waals surface area (Å²) in [4.78, 5) is 16.9. The van der Waals surface area contributed by atoms with Gasteiger partial charge in [-0.3, -0.25) is 9.69 Å². The molecule has 1 aliphatic heterocycles. The molecule has 2 rings (SSSR count). The van der Waals surface area contributed by atoms with E-state index in [1.807, 2.05) is 6.07 Å². The van der Waals surface area contributed by atoms with Crippen molar-refractivity contribution < 1.29 is 4.79 Å². The Morgan fingerprint density at radius 1 is 1.32 bits per heavy atom. The zero-order valence-electron chi connectivity index (χ0n) is 14.3. The Balaban J connectivity index is 1.84. The lowest BCUT2D eigenvalue weighted by Gasteiger charge is -2.32. The summed E-state index contributed by atoms with van der Waals surface area (Å²) in [7, 11) is 0. The number of hydrogen-bond acceptors (Lipinski definition) is 2. The van der Waals surface area contributed by atoms with Crippen molar-refractivity contribution in [1.29, 1.82) is 0 Å². The maximum Gasteiger partial charge on any atom is 0.223 e. The van der Waals surface area contributed by atoms with E-state index in [1.165, 1.54) is 12.0 Å². The monoisotopic (exact) mass is 302 g/mol. The van der Waals surface area contributed by atoms with Crippen LogP contribution in [0.25, 0.3) is 0 Å². The van der Waals surface area contributed by atoms with Crippen molar-refractivity contribution in [3.05, 3.63) is 35.9 Å². The summed E-state index contributed by atoms with van der Waals surface area (Å²) in [6.07, 6.45) is 3.05. The number of hydrogen-bond donors (Lipinski definition) is 0. The van der Waals surface area contributed by atoms with Crippen molar-refractivity contribution in [2.75, 3.05) is 19.6 Å². The van der Waals surface area contributed by atoms with Crippen molar-refractivity contribution >= 4 is 5.91 Å². The van der Waals surface area contributed by atoms with E-state index < -0.39 is 0 Å². The van der Waals surface area contributed by atoms with Crippen LogP contribution in [-0.2, 0) is 11.3 Å². The van der Waals surface area contributed by atoms with Crippen molar-refractivity contribution in [2.24, 2.45) is 5.92 Å². The van der Waals surface area contributed by atoms with E-state index in [0.717, 1.165) is 32.6 Å². The van der Waals surface area contributed by atoms with Crippen LogP contribution in [0.2, 0.25) is 0 Å². The van der Waals surface area contributed by atoms with Gasteiger partial charge in [-0.25, -0.2) is 0 Å². The van der Waals surface area contributed by atoms with Gasteiger partial charge in [-0.15, -0.1) is 0 Å². The third-order valence-corrected chi connectivity index (χ3v) is 4.58. The molecule has 22 heavy (non-hydrogen) atoms. The number of amides is 1. The summed E-state index contributed by atoms with van der Waals surface area (Å²) in [6.45, 7) is 10.3. The lowest BCUT2D eigenvalue weighted by atomic mass is 10.00. The van der Waals surface area contributed by atoms with E-state index in [1.54, 1.807) is 0 Å². The fraction of sp³-hybridized carbons (Fsp3) is 0.632. The van der Waals surface area contributed by atoms with Gasteiger partial charge in [-0.2, -0.15) is 0 Å². The molecule has 1 saturated heterocycles. The Labute approximate surface area is 135 Å². The molecular weight excluding hydrogens is 272 g/mol. The minimum atomic E-state index is 0.324. The first kappa shape index (κ1) is 17.0. The second-order valence-electron chi connectivity index (χ2n) is 6.89. The van der Waals surface area contributed by atoms with Gasteiger partial charge in [0.25, 0.3) is 0 Å². The molecule has 3 nitrogen and oxygen atoms in total. The third-order valence-electron chi connectivity index (χ3n) is 4.58. The molecule has 0 saturated carbocycles. The van der Waals surface area contributed by atoms with Crippen LogP contribution in [0.3, 0.4) is 0 Å². The first-order valence-electron chi connectivity index (χ1n) is 8.62. The number of rotatable bonds is 6. The Morgan fingerprint density at radius 3 is 2.68 bits per heavy atom. The summed E-state index contributed by atoms with van der Waals surface area (Å²) >= 11 is 0. The molecular formula is C19H30N2O. The molecule has 1 aliphatic rings. The molecule has 1 fully saturated rings. The molecule has 1 heterocycles. The lowest BCUT2D eigenvalue weighted by Crippen LogP contribution is -2.41. The van der Waals surface area contributed by atoms with Crippen molar-refractivity contribution in [1.82, 2.24) is 9.80 Å². The van der Waals surface area contributed by atoms with E-state index >= 15 is 0 Å². The minimum absolute atomic E-state index is 0.324. The van der Waals surface area contributed by atoms with Crippen LogP contribution in [0.15, 0.2) is 30.3 Å². The van der Waals surface area contributed by atoms with E-state index in [-0.39, 0.29) is 0 Å². The molecule has 1 atom stereocenters. The molecule has 0 radical (unpaired) electrons. The van der Waals surface area contributed by atoms with Crippen molar-refractivity contribution in [3.8, 4) is 0 Å². The second kappa shape index (κ2) is 8.33. The second-order valence-corrected chi connectivity index (χ2v) is 6.89. The SMILES string of the molecule is CC1CCCN(C(=O)CCN(Cc2ccccc2)C(C)C)C1. The molecule has 0 aliphatic carbocycles. The summed E-state index contributed by atoms with van der Waals surface area (Å²) in [5.41, 5.74) is 1.32. The minimum Gasteiger partial charge on any atom is -0.342 e. The molecule has 1 aromatic rings. The zero-order valence-corrected chi connectivity index (χ0v) is 14.3. The number of carbonyl (C=O) groups excluding carboxylic acids is 1. The topological polar surface area (TPSA) is 23.6 Å². The molecule has 0 N–H and O–H groups in total. The fourth-order valence-electron chi connectivity index (χ4n) is 3.15. The maximum absolute atomic E-state index is 12.4. The Hall–Kier alpha value is -1.35. The number of benzene rings is 1. The summed E-state index contributed by atoms with van der Waals surface area (Å²) < 4.78 is 0. The van der Waals surface area contributed by atoms with Crippen LogP contribution in [0.4, 0.5) is 0 Å². The molecule has 0 spiro atoms. The standard InChI is InChI=1S/C19H30N2O/c1-16(2)20(15-18-9-5-4-6-10-18)13-11-19(22)21-12-7-8-17(3)14-21/h4-6,9-10,16-17H,7-8,11-15H2,1-3H3. The first-order valence-corrected chi connectivity index (χ1v) is 8.62. The molecule has 0 bridgehead atoms. The largest absolute Gasteiger partial charge is 0.342 e. The van der Waals surface area contributed by atoms with Crippen LogP contribution in [0, 0.1) is 5.92 Å². The number of piperidine rings is 1. The van der Waals surface area contributed by atoms with E-state index in [9.17, 15) is 4.79 Å². The Bertz CT molecular complexity index is 458. The van der Waals surface area contributed by atoms with E-state index in [4.69, 9.17) is 0 Å². The third kappa shape index (κ3) is 5.13. The van der Waals surface area contributed by atoms with Crippen LogP contribution in [0.5, 0.6) is 0 Å². The highest BCUT2D eigenvalue weighted by molar-refractivity contribution is 5.76. The Morgan fingerprint density at radius 2 is 2.05 bits per heavy atom. The number of nitrogens with zero attached hydrogens (tertiary/aromatic N) is 2. The molecule has 122 valence electrons. The molecule has 1 unspecified atom stereocenters. The van der Waals surface area contributed by atoms with Crippen LogP contribution in [0.1, 0.15) is 45.6 Å². The smallest absolute Gasteiger partial charge is 0.223 e. The Kier molecular flexibility index (Phi) is 6.44. The van der Waals surface area contributed by atoms with Gasteiger partial charge in [0, 0.05) is 38.6 Å². The highest BCUT2D eigenvalue weighted by Crippen LogP contribution is 2.17. The predicted molar refractivity (Wildman–Crippen MR) is 91.6 cm³/mol. The van der Waals surface area contributed by atoms with Gasteiger partial charge < -0.3 is 4.90 Å². The van der Waals surface area contributed by atoms with Gasteiger partial charge in [0.1, 0.15) is 0 Å². The fourth-order valence-corrected chi connectivity index (χ4v) is 3.15. The summed E-state index contributed by atoms with van der Waals surface area (Å²) in [5, 5.41) is 0. The van der Waals surface area contributed by atoms with Gasteiger partial charge in [0.2, 0.25) is 5.91 Å². The van der Waals surface area contributed by atoms with Crippen molar-refractivity contribution in [3.63, 3.8) is 0 Å². The highest BCUT2D eigenvalue weighted by atomic mass is 16.2. The lowest BCUT2D eigenvalue weighted by molar-refractivity contribution is -0.133.